The molecule has 0 aliphatic carbocycles. The lowest BCUT2D eigenvalue weighted by molar-refractivity contribution is -0.515. The smallest absolute Gasteiger partial charge is 0.0291 e. The number of allylic oxidation sites excluding steroid dienone is 1. The van der Waals surface area contributed by atoms with Crippen LogP contribution in [0.4, 0.5) is 0 Å². The van der Waals surface area contributed by atoms with Gasteiger partial charge in [0.05, 0.1) is 0 Å². The van der Waals surface area contributed by atoms with Gasteiger partial charge in [-0.1, -0.05) is 5.57 Å². The lowest BCUT2D eigenvalue weighted by Gasteiger charge is -2.21. The molecule has 0 aromatic rings. The van der Waals surface area contributed by atoms with Crippen LogP contribution in [-0.2, 0) is 0 Å². The van der Waals surface area contributed by atoms with E-state index in [9.17, 15) is 10.2 Å². The van der Waals surface area contributed by atoms with E-state index in [0.717, 1.165) is 0 Å². The molecule has 0 aromatic heterocycles. The summed E-state index contributed by atoms with van der Waals surface area (Å²) in [6.07, 6.45) is 9.86. The number of hydrogen-bond donors (Lipinski definition) is 0. The quantitative estimate of drug-likeness (QED) is 0.358. The molecule has 0 atom stereocenters. The lowest BCUT2D eigenvalue weighted by Crippen LogP contribution is -2.20. The standard InChI is InChI=1S/C8H8O2/c1-3-5-7(6-4-2)8(9)10/h1-2,9-10H,5-6H2/p-2. The molecular weight excluding hydrogens is 128 g/mol. The lowest BCUT2D eigenvalue weighted by atomic mass is 10.1. The molecule has 0 fully saturated rings. The summed E-state index contributed by atoms with van der Waals surface area (Å²) in [6, 6.07) is 0. The number of terminal acetylenes is 2. The van der Waals surface area contributed by atoms with Gasteiger partial charge in [0.15, 0.2) is 0 Å². The molecular formula is C8H6O2-2. The van der Waals surface area contributed by atoms with Crippen LogP contribution in [0.3, 0.4) is 0 Å². The largest absolute Gasteiger partial charge is 0.884 e. The van der Waals surface area contributed by atoms with E-state index in [4.69, 9.17) is 12.8 Å². The van der Waals surface area contributed by atoms with E-state index in [1.807, 2.05) is 0 Å². The van der Waals surface area contributed by atoms with E-state index in [2.05, 4.69) is 11.8 Å². The van der Waals surface area contributed by atoms with Gasteiger partial charge in [-0.25, -0.2) is 5.95 Å². The van der Waals surface area contributed by atoms with E-state index in [1.165, 1.54) is 0 Å². The summed E-state index contributed by atoms with van der Waals surface area (Å²) in [7, 11) is 0. The van der Waals surface area contributed by atoms with E-state index in [-0.39, 0.29) is 18.4 Å². The van der Waals surface area contributed by atoms with Crippen LogP contribution in [-0.4, -0.2) is 0 Å². The van der Waals surface area contributed by atoms with Crippen LogP contribution >= 0.6 is 0 Å². The first-order valence-corrected chi connectivity index (χ1v) is 2.65. The summed E-state index contributed by atoms with van der Waals surface area (Å²) < 4.78 is 0. The van der Waals surface area contributed by atoms with E-state index >= 15 is 0 Å². The van der Waals surface area contributed by atoms with Crippen molar-refractivity contribution in [3.8, 4) is 24.7 Å². The maximum Gasteiger partial charge on any atom is 0.0291 e. The van der Waals surface area contributed by atoms with Crippen LogP contribution in [0.5, 0.6) is 0 Å². The van der Waals surface area contributed by atoms with Gasteiger partial charge < -0.3 is 10.2 Å². The van der Waals surface area contributed by atoms with Crippen LogP contribution < -0.4 is 10.2 Å². The minimum absolute atomic E-state index is 0.0620. The molecule has 52 valence electrons. The van der Waals surface area contributed by atoms with Crippen LogP contribution in [0.15, 0.2) is 11.5 Å². The molecule has 0 aliphatic rings. The van der Waals surface area contributed by atoms with Gasteiger partial charge in [-0.3, -0.25) is 0 Å². The number of rotatable bonds is 2. The van der Waals surface area contributed by atoms with E-state index < -0.39 is 5.95 Å². The van der Waals surface area contributed by atoms with Gasteiger partial charge in [-0.15, -0.1) is 24.7 Å². The van der Waals surface area contributed by atoms with Crippen LogP contribution in [0.2, 0.25) is 0 Å². The molecule has 0 saturated carbocycles. The average Bonchev–Trinajstić information content (AvgIpc) is 1.87. The van der Waals surface area contributed by atoms with Crippen molar-refractivity contribution in [1.82, 2.24) is 0 Å². The molecule has 0 rings (SSSR count). The van der Waals surface area contributed by atoms with E-state index in [1.54, 1.807) is 0 Å². The molecule has 0 heterocycles. The van der Waals surface area contributed by atoms with Crippen LogP contribution in [0.25, 0.3) is 0 Å². The summed E-state index contributed by atoms with van der Waals surface area (Å²) in [4.78, 5) is 0. The Labute approximate surface area is 60.2 Å². The zero-order chi connectivity index (χ0) is 7.98. The molecule has 10 heavy (non-hydrogen) atoms. The highest BCUT2D eigenvalue weighted by Gasteiger charge is 1.87. The Morgan fingerprint density at radius 2 is 1.50 bits per heavy atom. The second kappa shape index (κ2) is 4.35. The highest BCUT2D eigenvalue weighted by Crippen LogP contribution is 2.04. The highest BCUT2D eigenvalue weighted by molar-refractivity contribution is 5.15. The first-order valence-electron chi connectivity index (χ1n) is 2.65. The van der Waals surface area contributed by atoms with Crippen molar-refractivity contribution in [3.05, 3.63) is 11.5 Å². The highest BCUT2D eigenvalue weighted by atomic mass is 16.5. The third-order valence-corrected chi connectivity index (χ3v) is 0.920. The third kappa shape index (κ3) is 2.69. The summed E-state index contributed by atoms with van der Waals surface area (Å²) in [5.74, 6) is 3.11. The summed E-state index contributed by atoms with van der Waals surface area (Å²) in [5.41, 5.74) is 0.0880. The molecule has 2 nitrogen and oxygen atoms in total. The van der Waals surface area contributed by atoms with Crippen molar-refractivity contribution in [2.45, 2.75) is 12.8 Å². The molecule has 2 heteroatoms. The molecule has 0 N–H and O–H groups in total. The molecule has 0 aromatic carbocycles. The predicted molar refractivity (Wildman–Crippen MR) is 33.9 cm³/mol. The Kier molecular flexibility index (Phi) is 3.68. The molecule has 0 radical (unpaired) electrons. The molecule has 0 unspecified atom stereocenters. The van der Waals surface area contributed by atoms with Crippen LogP contribution in [0.1, 0.15) is 12.8 Å². The second-order valence-corrected chi connectivity index (χ2v) is 1.65. The summed E-state index contributed by atoms with van der Waals surface area (Å²) in [6.45, 7) is 0. The molecule has 0 amide bonds. The minimum Gasteiger partial charge on any atom is -0.884 e. The summed E-state index contributed by atoms with van der Waals surface area (Å²) >= 11 is 0. The fourth-order valence-electron chi connectivity index (χ4n) is 0.453. The van der Waals surface area contributed by atoms with Gasteiger partial charge in [0.1, 0.15) is 0 Å². The van der Waals surface area contributed by atoms with Gasteiger partial charge in [0.25, 0.3) is 0 Å². The van der Waals surface area contributed by atoms with Crippen molar-refractivity contribution in [2.75, 3.05) is 0 Å². The first-order chi connectivity index (χ1) is 4.72. The van der Waals surface area contributed by atoms with E-state index in [0.29, 0.717) is 0 Å². The van der Waals surface area contributed by atoms with Crippen molar-refractivity contribution in [2.24, 2.45) is 0 Å². The fraction of sp³-hybridized carbons (Fsp3) is 0.250. The fourth-order valence-corrected chi connectivity index (χ4v) is 0.453. The van der Waals surface area contributed by atoms with Gasteiger partial charge in [-0.2, -0.15) is 0 Å². The molecule has 0 spiro atoms. The molecule has 0 bridgehead atoms. The van der Waals surface area contributed by atoms with Crippen LogP contribution in [0, 0.1) is 24.7 Å². The minimum atomic E-state index is -1.25. The Morgan fingerprint density at radius 1 is 1.10 bits per heavy atom. The summed E-state index contributed by atoms with van der Waals surface area (Å²) in [5, 5.41) is 20.3. The normalized spacial score (nSPS) is 7.40. The molecule has 0 aliphatic heterocycles. The Bertz CT molecular complexity index is 190. The maximum absolute atomic E-state index is 10.1. The van der Waals surface area contributed by atoms with Gasteiger partial charge >= 0.3 is 0 Å². The van der Waals surface area contributed by atoms with Gasteiger partial charge in [-0.05, 0) is 0 Å². The topological polar surface area (TPSA) is 46.1 Å². The van der Waals surface area contributed by atoms with Crippen molar-refractivity contribution >= 4 is 0 Å². The maximum atomic E-state index is 10.1. The van der Waals surface area contributed by atoms with Crippen molar-refractivity contribution in [1.29, 1.82) is 0 Å². The zero-order valence-corrected chi connectivity index (χ0v) is 5.39. The Balaban J connectivity index is 4.19. The first kappa shape index (κ1) is 8.46. The van der Waals surface area contributed by atoms with Crippen molar-refractivity contribution < 1.29 is 10.2 Å². The second-order valence-electron chi connectivity index (χ2n) is 1.65. The SMILES string of the molecule is C#CCC(CC#C)=C([O-])[O-]. The zero-order valence-electron chi connectivity index (χ0n) is 5.39. The Morgan fingerprint density at radius 3 is 1.70 bits per heavy atom. The Hall–Kier alpha value is -1.54. The predicted octanol–water partition coefficient (Wildman–Crippen LogP) is -1.03. The van der Waals surface area contributed by atoms with Crippen molar-refractivity contribution in [3.63, 3.8) is 0 Å². The van der Waals surface area contributed by atoms with Gasteiger partial charge in [0.2, 0.25) is 0 Å². The monoisotopic (exact) mass is 134 g/mol. The average molecular weight is 134 g/mol. The number of hydrogen-bond acceptors (Lipinski definition) is 2. The molecule has 0 saturated heterocycles. The van der Waals surface area contributed by atoms with Gasteiger partial charge in [0, 0.05) is 12.8 Å². The third-order valence-electron chi connectivity index (χ3n) is 0.920.